The summed E-state index contributed by atoms with van der Waals surface area (Å²) in [6.45, 7) is 0.360. The maximum atomic E-state index is 6.52. The summed E-state index contributed by atoms with van der Waals surface area (Å²) in [5, 5.41) is 4.69. The zero-order valence-electron chi connectivity index (χ0n) is 16.5. The predicted molar refractivity (Wildman–Crippen MR) is 112 cm³/mol. The lowest BCUT2D eigenvalue weighted by Crippen LogP contribution is -2.03. The van der Waals surface area contributed by atoms with E-state index in [1.54, 1.807) is 32.0 Å². The molecule has 0 aliphatic carbocycles. The first-order chi connectivity index (χ1) is 14.2. The van der Waals surface area contributed by atoms with Crippen LogP contribution in [-0.4, -0.2) is 35.9 Å². The highest BCUT2D eigenvalue weighted by molar-refractivity contribution is 5.84. The third-order valence-corrected chi connectivity index (χ3v) is 4.79. The van der Waals surface area contributed by atoms with Crippen LogP contribution < -0.4 is 15.2 Å². The molecule has 2 heterocycles. The fraction of sp³-hybridized carbons (Fsp3) is 0.182. The van der Waals surface area contributed by atoms with Gasteiger partial charge in [0.25, 0.3) is 0 Å². The number of hydrogen-bond acceptors (Lipinski definition) is 6. The molecule has 148 valence electrons. The van der Waals surface area contributed by atoms with E-state index in [1.165, 1.54) is 0 Å². The first-order valence-corrected chi connectivity index (χ1v) is 9.10. The van der Waals surface area contributed by atoms with Gasteiger partial charge in [0.1, 0.15) is 5.82 Å². The molecule has 0 saturated heterocycles. The number of fused-ring (bicyclic) bond motifs is 1. The van der Waals surface area contributed by atoms with Crippen LogP contribution in [0.1, 0.15) is 5.69 Å². The highest BCUT2D eigenvalue weighted by atomic mass is 16.5. The van der Waals surface area contributed by atoms with Gasteiger partial charge in [-0.15, -0.1) is 0 Å². The van der Waals surface area contributed by atoms with E-state index < -0.39 is 0 Å². The molecule has 2 N–H and O–H groups in total. The summed E-state index contributed by atoms with van der Waals surface area (Å²) in [5.41, 5.74) is 11.5. The molecule has 0 amide bonds. The fourth-order valence-corrected chi connectivity index (χ4v) is 3.41. The molecule has 0 spiro atoms. The van der Waals surface area contributed by atoms with E-state index in [0.717, 1.165) is 27.9 Å². The minimum absolute atomic E-state index is 0.360. The lowest BCUT2D eigenvalue weighted by molar-refractivity contribution is 0.181. The molecule has 29 heavy (non-hydrogen) atoms. The van der Waals surface area contributed by atoms with Crippen LogP contribution in [-0.2, 0) is 11.3 Å². The molecule has 0 radical (unpaired) electrons. The third-order valence-electron chi connectivity index (χ3n) is 4.79. The Morgan fingerprint density at radius 3 is 2.38 bits per heavy atom. The zero-order valence-corrected chi connectivity index (χ0v) is 16.5. The van der Waals surface area contributed by atoms with Crippen LogP contribution in [0.4, 0.5) is 5.82 Å². The van der Waals surface area contributed by atoms with Crippen molar-refractivity contribution in [3.63, 3.8) is 0 Å². The van der Waals surface area contributed by atoms with Crippen LogP contribution in [0.2, 0.25) is 0 Å². The summed E-state index contributed by atoms with van der Waals surface area (Å²) in [5.74, 6) is 1.76. The molecule has 0 bridgehead atoms. The van der Waals surface area contributed by atoms with Gasteiger partial charge in [0.15, 0.2) is 17.1 Å². The van der Waals surface area contributed by atoms with Gasteiger partial charge in [-0.25, -0.2) is 4.98 Å². The summed E-state index contributed by atoms with van der Waals surface area (Å²) in [6, 6.07) is 15.6. The van der Waals surface area contributed by atoms with Gasteiger partial charge in [-0.1, -0.05) is 36.4 Å². The molecule has 2 aromatic carbocycles. The van der Waals surface area contributed by atoms with Crippen molar-refractivity contribution in [2.45, 2.75) is 6.61 Å². The van der Waals surface area contributed by atoms with Crippen molar-refractivity contribution in [1.29, 1.82) is 0 Å². The number of anilines is 1. The normalized spacial score (nSPS) is 11.0. The van der Waals surface area contributed by atoms with E-state index >= 15 is 0 Å². The van der Waals surface area contributed by atoms with Gasteiger partial charge in [0.05, 0.1) is 32.1 Å². The summed E-state index contributed by atoms with van der Waals surface area (Å²) in [4.78, 5) is 4.69. The Hall–Kier alpha value is -3.58. The van der Waals surface area contributed by atoms with E-state index in [0.29, 0.717) is 29.6 Å². The summed E-state index contributed by atoms with van der Waals surface area (Å²) in [7, 11) is 4.85. The molecule has 7 heteroatoms. The molecule has 4 aromatic rings. The molecule has 0 unspecified atom stereocenters. The van der Waals surface area contributed by atoms with E-state index in [2.05, 4.69) is 10.1 Å². The quantitative estimate of drug-likeness (QED) is 0.539. The lowest BCUT2D eigenvalue weighted by Gasteiger charge is -2.11. The zero-order chi connectivity index (χ0) is 20.4. The molecule has 2 aromatic heterocycles. The Balaban J connectivity index is 1.91. The van der Waals surface area contributed by atoms with Gasteiger partial charge in [0.2, 0.25) is 0 Å². The number of aromatic nitrogens is 3. The second-order valence-electron chi connectivity index (χ2n) is 6.48. The summed E-state index contributed by atoms with van der Waals surface area (Å²) in [6.07, 6.45) is 1.76. The average Bonchev–Trinajstić information content (AvgIpc) is 3.13. The Bertz CT molecular complexity index is 1160. The monoisotopic (exact) mass is 390 g/mol. The van der Waals surface area contributed by atoms with Crippen LogP contribution in [0.5, 0.6) is 11.5 Å². The third kappa shape index (κ3) is 3.25. The minimum Gasteiger partial charge on any atom is -0.493 e. The number of hydrogen-bond donors (Lipinski definition) is 1. The Labute approximate surface area is 168 Å². The van der Waals surface area contributed by atoms with Crippen molar-refractivity contribution in [3.05, 3.63) is 60.4 Å². The first-order valence-electron chi connectivity index (χ1n) is 9.10. The van der Waals surface area contributed by atoms with Crippen LogP contribution in [0.3, 0.4) is 0 Å². The molecular formula is C22H22N4O3. The lowest BCUT2D eigenvalue weighted by atomic mass is 10.1. The van der Waals surface area contributed by atoms with Crippen molar-refractivity contribution in [2.75, 3.05) is 27.1 Å². The standard InChI is InChI=1S/C22H22N4O3/c1-27-13-17-20(14-7-5-4-6-8-14)22-24-12-16(21(23)26(22)25-17)15-9-10-18(28-2)19(11-15)29-3/h4-12H,13,23H2,1-3H3. The number of rotatable bonds is 6. The predicted octanol–water partition coefficient (Wildman–Crippen LogP) is 3.81. The van der Waals surface area contributed by atoms with Crippen LogP contribution in [0.25, 0.3) is 27.9 Å². The molecule has 7 nitrogen and oxygen atoms in total. The maximum absolute atomic E-state index is 6.52. The van der Waals surface area contributed by atoms with Crippen LogP contribution in [0.15, 0.2) is 54.7 Å². The van der Waals surface area contributed by atoms with Gasteiger partial charge in [-0.2, -0.15) is 9.61 Å². The van der Waals surface area contributed by atoms with Crippen LogP contribution in [0, 0.1) is 0 Å². The second-order valence-corrected chi connectivity index (χ2v) is 6.48. The number of benzene rings is 2. The summed E-state index contributed by atoms with van der Waals surface area (Å²) < 4.78 is 17.8. The Kier molecular flexibility index (Phi) is 5.05. The Morgan fingerprint density at radius 1 is 0.931 bits per heavy atom. The van der Waals surface area contributed by atoms with Crippen molar-refractivity contribution in [3.8, 4) is 33.8 Å². The molecule has 0 fully saturated rings. The smallest absolute Gasteiger partial charge is 0.165 e. The second kappa shape index (κ2) is 7.81. The summed E-state index contributed by atoms with van der Waals surface area (Å²) >= 11 is 0. The largest absolute Gasteiger partial charge is 0.493 e. The van der Waals surface area contributed by atoms with Crippen LogP contribution >= 0.6 is 0 Å². The Morgan fingerprint density at radius 2 is 1.69 bits per heavy atom. The molecule has 0 aliphatic rings. The fourth-order valence-electron chi connectivity index (χ4n) is 3.41. The SMILES string of the molecule is COCc1nn2c(N)c(-c3ccc(OC)c(OC)c3)cnc2c1-c1ccccc1. The van der Waals surface area contributed by atoms with E-state index in [1.807, 2.05) is 48.5 Å². The van der Waals surface area contributed by atoms with E-state index in [4.69, 9.17) is 19.9 Å². The number of nitrogens with two attached hydrogens (primary N) is 1. The molecule has 0 atom stereocenters. The van der Waals surface area contributed by atoms with Gasteiger partial charge in [-0.05, 0) is 23.3 Å². The molecule has 0 saturated carbocycles. The number of ether oxygens (including phenoxy) is 3. The highest BCUT2D eigenvalue weighted by Crippen LogP contribution is 2.36. The number of nitrogen functional groups attached to an aromatic ring is 1. The van der Waals surface area contributed by atoms with Gasteiger partial charge >= 0.3 is 0 Å². The van der Waals surface area contributed by atoms with Gasteiger partial charge in [-0.3, -0.25) is 0 Å². The van der Waals surface area contributed by atoms with Crippen molar-refractivity contribution in [1.82, 2.24) is 14.6 Å². The molecule has 0 aliphatic heterocycles. The number of methoxy groups -OCH3 is 3. The highest BCUT2D eigenvalue weighted by Gasteiger charge is 2.19. The van der Waals surface area contributed by atoms with E-state index in [-0.39, 0.29) is 0 Å². The van der Waals surface area contributed by atoms with Crippen molar-refractivity contribution < 1.29 is 14.2 Å². The molecule has 4 rings (SSSR count). The van der Waals surface area contributed by atoms with Gasteiger partial charge < -0.3 is 19.9 Å². The number of nitrogens with zero attached hydrogens (tertiary/aromatic N) is 3. The topological polar surface area (TPSA) is 83.9 Å². The average molecular weight is 390 g/mol. The maximum Gasteiger partial charge on any atom is 0.165 e. The van der Waals surface area contributed by atoms with Gasteiger partial charge in [0, 0.05) is 18.9 Å². The molecular weight excluding hydrogens is 368 g/mol. The van der Waals surface area contributed by atoms with Crippen molar-refractivity contribution >= 4 is 11.5 Å². The first kappa shape index (κ1) is 18.8. The van der Waals surface area contributed by atoms with E-state index in [9.17, 15) is 0 Å². The van der Waals surface area contributed by atoms with Crippen molar-refractivity contribution in [2.24, 2.45) is 0 Å². The minimum atomic E-state index is 0.360.